The predicted octanol–water partition coefficient (Wildman–Crippen LogP) is 2.77. The van der Waals surface area contributed by atoms with Crippen LogP contribution in [0.2, 0.25) is 0 Å². The van der Waals surface area contributed by atoms with E-state index < -0.39 is 10.0 Å². The first-order valence-corrected chi connectivity index (χ1v) is 9.39. The fourth-order valence-electron chi connectivity index (χ4n) is 2.87. The van der Waals surface area contributed by atoms with Gasteiger partial charge in [0.05, 0.1) is 5.69 Å². The number of nitrogens with zero attached hydrogens (tertiary/aromatic N) is 1. The summed E-state index contributed by atoms with van der Waals surface area (Å²) in [6, 6.07) is 5.21. The molecular formula is C17H22N2O4S. The molecule has 1 atom stereocenters. The molecule has 0 amide bonds. The second-order valence-electron chi connectivity index (χ2n) is 7.14. The average Bonchev–Trinajstić information content (AvgIpc) is 3.08. The Morgan fingerprint density at radius 3 is 2.79 bits per heavy atom. The van der Waals surface area contributed by atoms with E-state index in [0.717, 1.165) is 23.2 Å². The zero-order chi connectivity index (χ0) is 17.5. The van der Waals surface area contributed by atoms with Crippen molar-refractivity contribution in [3.05, 3.63) is 41.3 Å². The first-order chi connectivity index (χ1) is 11.2. The minimum absolute atomic E-state index is 0.0121. The van der Waals surface area contributed by atoms with E-state index in [1.807, 2.05) is 33.8 Å². The van der Waals surface area contributed by atoms with E-state index in [0.29, 0.717) is 5.75 Å². The lowest BCUT2D eigenvalue weighted by atomic mass is 9.90. The molecule has 2 aromatic rings. The minimum atomic E-state index is -3.69. The third-order valence-corrected chi connectivity index (χ3v) is 5.41. The van der Waals surface area contributed by atoms with Gasteiger partial charge in [0.2, 0.25) is 10.0 Å². The van der Waals surface area contributed by atoms with E-state index in [9.17, 15) is 8.42 Å². The highest BCUT2D eigenvalue weighted by Crippen LogP contribution is 2.35. The van der Waals surface area contributed by atoms with E-state index in [2.05, 4.69) is 9.88 Å². The Balaban J connectivity index is 1.84. The van der Waals surface area contributed by atoms with Gasteiger partial charge in [-0.3, -0.25) is 0 Å². The molecule has 1 unspecified atom stereocenters. The van der Waals surface area contributed by atoms with Crippen LogP contribution in [0.3, 0.4) is 0 Å². The fourth-order valence-corrected chi connectivity index (χ4v) is 4.05. The lowest BCUT2D eigenvalue weighted by Crippen LogP contribution is -2.25. The summed E-state index contributed by atoms with van der Waals surface area (Å²) in [5.41, 5.74) is 2.17. The van der Waals surface area contributed by atoms with E-state index >= 15 is 0 Å². The van der Waals surface area contributed by atoms with Crippen molar-refractivity contribution in [1.82, 2.24) is 9.88 Å². The van der Waals surface area contributed by atoms with Crippen molar-refractivity contribution >= 4 is 10.0 Å². The van der Waals surface area contributed by atoms with Crippen molar-refractivity contribution in [3.63, 3.8) is 0 Å². The first-order valence-electron chi connectivity index (χ1n) is 7.90. The molecule has 1 aliphatic rings. The summed E-state index contributed by atoms with van der Waals surface area (Å²) >= 11 is 0. The number of aromatic nitrogens is 1. The van der Waals surface area contributed by atoms with Crippen LogP contribution in [0.15, 0.2) is 33.9 Å². The maximum atomic E-state index is 12.7. The number of hydrogen-bond donors (Lipinski definition) is 1. The second-order valence-corrected chi connectivity index (χ2v) is 8.88. The molecule has 0 spiro atoms. The summed E-state index contributed by atoms with van der Waals surface area (Å²) in [6.07, 6.45) is 2.19. The van der Waals surface area contributed by atoms with E-state index in [1.54, 1.807) is 12.1 Å². The zero-order valence-electron chi connectivity index (χ0n) is 14.3. The quantitative estimate of drug-likeness (QED) is 0.917. The van der Waals surface area contributed by atoms with Gasteiger partial charge in [0, 0.05) is 23.9 Å². The van der Waals surface area contributed by atoms with Gasteiger partial charge >= 0.3 is 0 Å². The van der Waals surface area contributed by atoms with E-state index in [-0.39, 0.29) is 23.0 Å². The van der Waals surface area contributed by atoms with Crippen LogP contribution < -0.4 is 9.46 Å². The summed E-state index contributed by atoms with van der Waals surface area (Å²) < 4.78 is 38.8. The number of ether oxygens (including phenoxy) is 1. The Morgan fingerprint density at radius 2 is 2.08 bits per heavy atom. The molecule has 0 bridgehead atoms. The summed E-state index contributed by atoms with van der Waals surface area (Å²) in [4.78, 5) is 0.179. The van der Waals surface area contributed by atoms with Crippen LogP contribution in [0.1, 0.15) is 44.5 Å². The largest absolute Gasteiger partial charge is 0.489 e. The van der Waals surface area contributed by atoms with Crippen molar-refractivity contribution in [3.8, 4) is 5.75 Å². The Morgan fingerprint density at radius 1 is 1.33 bits per heavy atom. The van der Waals surface area contributed by atoms with Gasteiger partial charge < -0.3 is 9.26 Å². The molecule has 1 aromatic heterocycles. The lowest BCUT2D eigenvalue weighted by molar-refractivity contribution is 0.249. The third kappa shape index (κ3) is 3.18. The minimum Gasteiger partial charge on any atom is -0.489 e. The maximum absolute atomic E-state index is 12.7. The van der Waals surface area contributed by atoms with Crippen LogP contribution in [-0.2, 0) is 28.4 Å². The topological polar surface area (TPSA) is 81.4 Å². The van der Waals surface area contributed by atoms with Crippen LogP contribution in [0.25, 0.3) is 0 Å². The Kier molecular flexibility index (Phi) is 4.17. The molecule has 0 saturated heterocycles. The molecule has 0 fully saturated rings. The van der Waals surface area contributed by atoms with Crippen molar-refractivity contribution in [2.45, 2.75) is 57.1 Å². The van der Waals surface area contributed by atoms with Crippen molar-refractivity contribution in [1.29, 1.82) is 0 Å². The van der Waals surface area contributed by atoms with Gasteiger partial charge in [-0.25, -0.2) is 13.1 Å². The van der Waals surface area contributed by atoms with Gasteiger partial charge in [-0.15, -0.1) is 0 Å². The Hall–Kier alpha value is -1.86. The highest BCUT2D eigenvalue weighted by Gasteiger charge is 2.29. The molecular weight excluding hydrogens is 328 g/mol. The van der Waals surface area contributed by atoms with Gasteiger partial charge in [0.25, 0.3) is 0 Å². The molecule has 0 aliphatic carbocycles. The summed E-state index contributed by atoms with van der Waals surface area (Å²) in [5.74, 6) is 0.457. The summed E-state index contributed by atoms with van der Waals surface area (Å²) in [6.45, 7) is 8.06. The summed E-state index contributed by atoms with van der Waals surface area (Å²) in [7, 11) is -3.69. The molecule has 24 heavy (non-hydrogen) atoms. The number of fused-ring (bicyclic) bond motifs is 1. The highest BCUT2D eigenvalue weighted by molar-refractivity contribution is 7.89. The predicted molar refractivity (Wildman–Crippen MR) is 89.5 cm³/mol. The molecule has 0 radical (unpaired) electrons. The number of benzene rings is 1. The van der Waals surface area contributed by atoms with Crippen LogP contribution in [-0.4, -0.2) is 19.7 Å². The van der Waals surface area contributed by atoms with Gasteiger partial charge in [-0.1, -0.05) is 38.1 Å². The summed E-state index contributed by atoms with van der Waals surface area (Å²) in [5, 5.41) is 3.99. The smallest absolute Gasteiger partial charge is 0.244 e. The fraction of sp³-hybridized carbons (Fsp3) is 0.471. The van der Waals surface area contributed by atoms with E-state index in [4.69, 9.17) is 9.26 Å². The molecule has 7 heteroatoms. The SMILES string of the molecule is CC1Cc2cccc(S(=O)(=O)NCc3conc3C(C)(C)C)c2O1. The zero-order valence-corrected chi connectivity index (χ0v) is 15.1. The van der Waals surface area contributed by atoms with E-state index in [1.165, 1.54) is 6.26 Å². The number of nitrogens with one attached hydrogen (secondary N) is 1. The van der Waals surface area contributed by atoms with Gasteiger partial charge in [0.15, 0.2) is 0 Å². The van der Waals surface area contributed by atoms with Crippen LogP contribution in [0, 0.1) is 0 Å². The molecule has 0 saturated carbocycles. The molecule has 6 nitrogen and oxygen atoms in total. The van der Waals surface area contributed by atoms with Crippen molar-refractivity contribution in [2.75, 3.05) is 0 Å². The third-order valence-electron chi connectivity index (χ3n) is 3.98. The second kappa shape index (κ2) is 5.89. The molecule has 1 aromatic carbocycles. The van der Waals surface area contributed by atoms with Crippen LogP contribution in [0.5, 0.6) is 5.75 Å². The van der Waals surface area contributed by atoms with Crippen LogP contribution >= 0.6 is 0 Å². The monoisotopic (exact) mass is 350 g/mol. The number of sulfonamides is 1. The average molecular weight is 350 g/mol. The van der Waals surface area contributed by atoms with Crippen molar-refractivity contribution < 1.29 is 17.7 Å². The molecule has 3 rings (SSSR count). The lowest BCUT2D eigenvalue weighted by Gasteiger charge is -2.17. The van der Waals surface area contributed by atoms with Gasteiger partial charge in [0.1, 0.15) is 23.0 Å². The number of rotatable bonds is 4. The van der Waals surface area contributed by atoms with Gasteiger partial charge in [-0.2, -0.15) is 0 Å². The van der Waals surface area contributed by atoms with Crippen LogP contribution in [0.4, 0.5) is 0 Å². The van der Waals surface area contributed by atoms with Crippen molar-refractivity contribution in [2.24, 2.45) is 0 Å². The number of para-hydroxylation sites is 1. The molecule has 1 N–H and O–H groups in total. The maximum Gasteiger partial charge on any atom is 0.244 e. The molecule has 130 valence electrons. The highest BCUT2D eigenvalue weighted by atomic mass is 32.2. The first kappa shape index (κ1) is 17.0. The normalized spacial score (nSPS) is 17.6. The standard InChI is InChI=1S/C17H22N2O4S/c1-11-8-12-6-5-7-14(15(12)23-11)24(20,21)18-9-13-10-22-19-16(13)17(2,3)4/h5-7,10-11,18H,8-9H2,1-4H3. The number of hydrogen-bond acceptors (Lipinski definition) is 5. The van der Waals surface area contributed by atoms with Gasteiger partial charge in [-0.05, 0) is 18.6 Å². The molecule has 1 aliphatic heterocycles. The Labute approximate surface area is 142 Å². The Bertz CT molecular complexity index is 850. The molecule has 2 heterocycles.